The van der Waals surface area contributed by atoms with Crippen LogP contribution in [0, 0.1) is 5.82 Å². The van der Waals surface area contributed by atoms with Crippen molar-refractivity contribution >= 4 is 5.91 Å². The van der Waals surface area contributed by atoms with Gasteiger partial charge in [-0.1, -0.05) is 18.2 Å². The van der Waals surface area contributed by atoms with Crippen molar-refractivity contribution in [3.8, 4) is 11.5 Å². The summed E-state index contributed by atoms with van der Waals surface area (Å²) in [6.07, 6.45) is 1.30. The number of ether oxygens (including phenoxy) is 2. The van der Waals surface area contributed by atoms with Gasteiger partial charge in [0.05, 0.1) is 13.2 Å². The number of nitrogens with zero attached hydrogens (tertiary/aromatic N) is 2. The Bertz CT molecular complexity index is 940. The summed E-state index contributed by atoms with van der Waals surface area (Å²) in [7, 11) is 3.31. The van der Waals surface area contributed by atoms with Crippen LogP contribution in [0.25, 0.3) is 0 Å². The van der Waals surface area contributed by atoms with Crippen LogP contribution in [-0.4, -0.2) is 29.9 Å². The normalized spacial score (nSPS) is 11.7. The van der Waals surface area contributed by atoms with E-state index in [4.69, 9.17) is 13.9 Å². The number of benzene rings is 2. The fraction of sp³-hybridized carbons (Fsp3) is 0.238. The van der Waals surface area contributed by atoms with E-state index < -0.39 is 5.82 Å². The molecule has 0 radical (unpaired) electrons. The lowest BCUT2D eigenvalue weighted by atomic mass is 10.1. The van der Waals surface area contributed by atoms with Crippen LogP contribution < -0.4 is 9.47 Å². The van der Waals surface area contributed by atoms with Gasteiger partial charge in [-0.25, -0.2) is 9.37 Å². The summed E-state index contributed by atoms with van der Waals surface area (Å²) in [4.78, 5) is 18.5. The second-order valence-electron chi connectivity index (χ2n) is 6.24. The maximum absolute atomic E-state index is 13.2. The number of carbonyl (C=O) groups excluding carboxylic acids is 1. The van der Waals surface area contributed by atoms with Crippen LogP contribution in [0.4, 0.5) is 4.39 Å². The Morgan fingerprint density at radius 2 is 1.96 bits per heavy atom. The molecule has 1 heterocycles. The van der Waals surface area contributed by atoms with Gasteiger partial charge in [-0.05, 0) is 36.8 Å². The Labute approximate surface area is 162 Å². The largest absolute Gasteiger partial charge is 0.497 e. The third kappa shape index (κ3) is 4.49. The van der Waals surface area contributed by atoms with Crippen molar-refractivity contribution in [2.75, 3.05) is 14.2 Å². The van der Waals surface area contributed by atoms with Gasteiger partial charge >= 0.3 is 0 Å². The van der Waals surface area contributed by atoms with Gasteiger partial charge in [-0.3, -0.25) is 4.79 Å². The summed E-state index contributed by atoms with van der Waals surface area (Å²) in [6.45, 7) is 1.92. The van der Waals surface area contributed by atoms with E-state index in [-0.39, 0.29) is 30.1 Å². The van der Waals surface area contributed by atoms with E-state index in [9.17, 15) is 9.18 Å². The Balaban J connectivity index is 1.63. The van der Waals surface area contributed by atoms with Crippen LogP contribution in [0.15, 0.2) is 59.2 Å². The Hall–Kier alpha value is -3.35. The highest BCUT2D eigenvalue weighted by Crippen LogP contribution is 2.23. The minimum absolute atomic E-state index is 0.00548. The molecule has 0 aliphatic carbocycles. The minimum atomic E-state index is -0.394. The highest BCUT2D eigenvalue weighted by atomic mass is 19.1. The molecule has 0 saturated heterocycles. The van der Waals surface area contributed by atoms with Gasteiger partial charge < -0.3 is 18.8 Å². The van der Waals surface area contributed by atoms with Crippen molar-refractivity contribution < 1.29 is 23.1 Å². The molecule has 1 atom stereocenters. The lowest BCUT2D eigenvalue weighted by molar-refractivity contribution is 0.0736. The fourth-order valence-corrected chi connectivity index (χ4v) is 2.64. The van der Waals surface area contributed by atoms with Crippen LogP contribution in [0.5, 0.6) is 11.5 Å². The first-order valence-corrected chi connectivity index (χ1v) is 8.72. The van der Waals surface area contributed by atoms with E-state index >= 15 is 0 Å². The lowest BCUT2D eigenvalue weighted by Gasteiger charge is -2.24. The second-order valence-corrected chi connectivity index (χ2v) is 6.24. The highest BCUT2D eigenvalue weighted by Gasteiger charge is 2.22. The van der Waals surface area contributed by atoms with Gasteiger partial charge in [0.1, 0.15) is 23.6 Å². The first-order chi connectivity index (χ1) is 13.5. The molecule has 28 heavy (non-hydrogen) atoms. The molecule has 7 heteroatoms. The summed E-state index contributed by atoms with van der Waals surface area (Å²) in [6, 6.07) is 13.1. The van der Waals surface area contributed by atoms with Crippen LogP contribution in [0.3, 0.4) is 0 Å². The van der Waals surface area contributed by atoms with Gasteiger partial charge in [0.25, 0.3) is 5.91 Å². The maximum Gasteiger partial charge on any atom is 0.276 e. The van der Waals surface area contributed by atoms with Gasteiger partial charge in [0.15, 0.2) is 12.3 Å². The zero-order chi connectivity index (χ0) is 20.1. The summed E-state index contributed by atoms with van der Waals surface area (Å²) in [5, 5.41) is 0. The number of aromatic nitrogens is 1. The van der Waals surface area contributed by atoms with Crippen molar-refractivity contribution in [3.05, 3.63) is 77.8 Å². The number of amides is 1. The van der Waals surface area contributed by atoms with Crippen molar-refractivity contribution in [2.45, 2.75) is 19.6 Å². The molecule has 3 rings (SSSR count). The number of carbonyl (C=O) groups is 1. The van der Waals surface area contributed by atoms with Crippen LogP contribution in [0.2, 0.25) is 0 Å². The minimum Gasteiger partial charge on any atom is -0.497 e. The Morgan fingerprint density at radius 1 is 1.21 bits per heavy atom. The molecule has 2 aromatic carbocycles. The van der Waals surface area contributed by atoms with E-state index in [2.05, 4.69) is 4.98 Å². The smallest absolute Gasteiger partial charge is 0.276 e. The van der Waals surface area contributed by atoms with Crippen LogP contribution in [-0.2, 0) is 6.61 Å². The third-order valence-corrected chi connectivity index (χ3v) is 4.43. The molecule has 0 N–H and O–H groups in total. The average molecular weight is 384 g/mol. The molecular weight excluding hydrogens is 363 g/mol. The molecule has 0 bridgehead atoms. The molecule has 146 valence electrons. The summed E-state index contributed by atoms with van der Waals surface area (Å²) in [5.41, 5.74) is 1.15. The molecule has 1 aromatic heterocycles. The van der Waals surface area contributed by atoms with Crippen molar-refractivity contribution in [2.24, 2.45) is 0 Å². The van der Waals surface area contributed by atoms with Crippen molar-refractivity contribution in [1.82, 2.24) is 9.88 Å². The SMILES string of the molecule is COc1ccc(C(C)N(C)C(=O)c2coc(COc3cccc(F)c3)n2)cc1. The van der Waals surface area contributed by atoms with Crippen molar-refractivity contribution in [1.29, 1.82) is 0 Å². The standard InChI is InChI=1S/C21H21FN2O4/c1-14(15-7-9-17(26-3)10-8-15)24(2)21(25)19-12-28-20(23-19)13-27-18-6-4-5-16(22)11-18/h4-12,14H,13H2,1-3H3. The predicted octanol–water partition coefficient (Wildman–Crippen LogP) is 4.23. The molecule has 0 spiro atoms. The van der Waals surface area contributed by atoms with Gasteiger partial charge in [0, 0.05) is 13.1 Å². The summed E-state index contributed by atoms with van der Waals surface area (Å²) in [5.74, 6) is 0.679. The quantitative estimate of drug-likeness (QED) is 0.610. The van der Waals surface area contributed by atoms with Crippen LogP contribution in [0.1, 0.15) is 34.9 Å². The molecule has 0 saturated carbocycles. The van der Waals surface area contributed by atoms with Gasteiger partial charge in [0.2, 0.25) is 5.89 Å². The number of halogens is 1. The summed E-state index contributed by atoms with van der Waals surface area (Å²) < 4.78 is 29.1. The Morgan fingerprint density at radius 3 is 2.64 bits per heavy atom. The average Bonchev–Trinajstić information content (AvgIpc) is 3.20. The first kappa shape index (κ1) is 19.4. The Kier molecular flexibility index (Phi) is 5.93. The molecule has 3 aromatic rings. The second kappa shape index (κ2) is 8.56. The monoisotopic (exact) mass is 384 g/mol. The summed E-state index contributed by atoms with van der Waals surface area (Å²) >= 11 is 0. The van der Waals surface area contributed by atoms with E-state index in [1.807, 2.05) is 31.2 Å². The van der Waals surface area contributed by atoms with E-state index in [1.54, 1.807) is 31.2 Å². The molecule has 0 aliphatic rings. The molecular formula is C21H21FN2O4. The maximum atomic E-state index is 13.2. The first-order valence-electron chi connectivity index (χ1n) is 8.72. The highest BCUT2D eigenvalue weighted by molar-refractivity contribution is 5.92. The number of hydrogen-bond donors (Lipinski definition) is 0. The van der Waals surface area contributed by atoms with Gasteiger partial charge in [-0.15, -0.1) is 0 Å². The van der Waals surface area contributed by atoms with Gasteiger partial charge in [-0.2, -0.15) is 0 Å². The van der Waals surface area contributed by atoms with Crippen molar-refractivity contribution in [3.63, 3.8) is 0 Å². The molecule has 1 unspecified atom stereocenters. The lowest BCUT2D eigenvalue weighted by Crippen LogP contribution is -2.30. The molecule has 1 amide bonds. The zero-order valence-electron chi connectivity index (χ0n) is 15.9. The number of oxazole rings is 1. The number of methoxy groups -OCH3 is 1. The number of rotatable bonds is 7. The molecule has 0 fully saturated rings. The number of hydrogen-bond acceptors (Lipinski definition) is 5. The van der Waals surface area contributed by atoms with Crippen LogP contribution >= 0.6 is 0 Å². The van der Waals surface area contributed by atoms with E-state index in [0.717, 1.165) is 11.3 Å². The van der Waals surface area contributed by atoms with E-state index in [1.165, 1.54) is 18.4 Å². The molecule has 0 aliphatic heterocycles. The van der Waals surface area contributed by atoms with E-state index in [0.29, 0.717) is 5.75 Å². The zero-order valence-corrected chi connectivity index (χ0v) is 15.9. The molecule has 6 nitrogen and oxygen atoms in total. The topological polar surface area (TPSA) is 64.8 Å². The fourth-order valence-electron chi connectivity index (χ4n) is 2.64. The predicted molar refractivity (Wildman–Crippen MR) is 101 cm³/mol. The third-order valence-electron chi connectivity index (χ3n) is 4.43.